The van der Waals surface area contributed by atoms with Gasteiger partial charge in [-0.15, -0.1) is 0 Å². The van der Waals surface area contributed by atoms with Gasteiger partial charge in [0.15, 0.2) is 0 Å². The number of piperidine rings is 1. The molecule has 1 aromatic heterocycles. The van der Waals surface area contributed by atoms with Gasteiger partial charge in [0, 0.05) is 19.2 Å². The fraction of sp³-hybridized carbons (Fsp3) is 0.714. The summed E-state index contributed by atoms with van der Waals surface area (Å²) in [5.74, 6) is -0.907. The van der Waals surface area contributed by atoms with Crippen LogP contribution in [0.4, 0.5) is 19.0 Å². The van der Waals surface area contributed by atoms with Crippen molar-refractivity contribution in [2.24, 2.45) is 5.41 Å². The summed E-state index contributed by atoms with van der Waals surface area (Å²) in [4.78, 5) is 8.76. The Hall–Kier alpha value is -1.04. The standard InChI is InChI=1S/C14H19ClF3N3/c1-3-13(4-2)5-7-21(8-6-13)11-9-10(15)19-12(20-11)14(16,17)18/h9H,3-8H2,1-2H3. The molecule has 0 saturated carbocycles. The van der Waals surface area contributed by atoms with Crippen LogP contribution in [0.1, 0.15) is 45.4 Å². The Bertz CT molecular complexity index is 491. The lowest BCUT2D eigenvalue weighted by Crippen LogP contribution is -2.40. The van der Waals surface area contributed by atoms with Gasteiger partial charge in [-0.25, -0.2) is 9.97 Å². The highest BCUT2D eigenvalue weighted by Crippen LogP contribution is 2.39. The van der Waals surface area contributed by atoms with Gasteiger partial charge in [0.2, 0.25) is 5.82 Å². The van der Waals surface area contributed by atoms with Gasteiger partial charge in [-0.05, 0) is 18.3 Å². The predicted molar refractivity (Wildman–Crippen MR) is 76.5 cm³/mol. The van der Waals surface area contributed by atoms with Gasteiger partial charge in [-0.2, -0.15) is 13.2 Å². The molecule has 1 fully saturated rings. The summed E-state index contributed by atoms with van der Waals surface area (Å²) in [7, 11) is 0. The number of rotatable bonds is 3. The molecule has 118 valence electrons. The summed E-state index contributed by atoms with van der Waals surface area (Å²) in [6.45, 7) is 5.74. The van der Waals surface area contributed by atoms with Crippen LogP contribution in [0.3, 0.4) is 0 Å². The minimum absolute atomic E-state index is 0.171. The van der Waals surface area contributed by atoms with Crippen molar-refractivity contribution in [3.63, 3.8) is 0 Å². The normalized spacial score (nSPS) is 18.9. The maximum Gasteiger partial charge on any atom is 0.451 e. The Morgan fingerprint density at radius 2 is 1.76 bits per heavy atom. The van der Waals surface area contributed by atoms with E-state index in [1.54, 1.807) is 0 Å². The van der Waals surface area contributed by atoms with Crippen molar-refractivity contribution in [1.82, 2.24) is 9.97 Å². The SMILES string of the molecule is CCC1(CC)CCN(c2cc(Cl)nc(C(F)(F)F)n2)CC1. The third kappa shape index (κ3) is 3.59. The molecule has 3 nitrogen and oxygen atoms in total. The molecular weight excluding hydrogens is 303 g/mol. The van der Waals surface area contributed by atoms with E-state index in [4.69, 9.17) is 11.6 Å². The maximum absolute atomic E-state index is 12.7. The fourth-order valence-electron chi connectivity index (χ4n) is 2.86. The first-order valence-electron chi connectivity index (χ1n) is 7.16. The van der Waals surface area contributed by atoms with E-state index in [2.05, 4.69) is 23.8 Å². The zero-order valence-corrected chi connectivity index (χ0v) is 12.9. The molecule has 0 atom stereocenters. The molecule has 0 aliphatic carbocycles. The average Bonchev–Trinajstić information content (AvgIpc) is 2.46. The lowest BCUT2D eigenvalue weighted by Gasteiger charge is -2.41. The molecule has 0 amide bonds. The molecule has 0 N–H and O–H groups in total. The van der Waals surface area contributed by atoms with Gasteiger partial charge in [0.1, 0.15) is 11.0 Å². The van der Waals surface area contributed by atoms with E-state index in [1.807, 2.05) is 4.90 Å². The minimum Gasteiger partial charge on any atom is -0.356 e. The lowest BCUT2D eigenvalue weighted by atomic mass is 9.74. The van der Waals surface area contributed by atoms with Crippen molar-refractivity contribution in [3.05, 3.63) is 17.0 Å². The van der Waals surface area contributed by atoms with E-state index in [1.165, 1.54) is 6.07 Å². The van der Waals surface area contributed by atoms with Crippen molar-refractivity contribution >= 4 is 17.4 Å². The Morgan fingerprint density at radius 3 is 2.24 bits per heavy atom. The highest BCUT2D eigenvalue weighted by molar-refractivity contribution is 6.29. The van der Waals surface area contributed by atoms with Gasteiger partial charge < -0.3 is 4.90 Å². The topological polar surface area (TPSA) is 29.0 Å². The van der Waals surface area contributed by atoms with E-state index in [0.29, 0.717) is 18.5 Å². The molecule has 1 aliphatic rings. The number of alkyl halides is 3. The van der Waals surface area contributed by atoms with Gasteiger partial charge in [0.25, 0.3) is 0 Å². The zero-order valence-electron chi connectivity index (χ0n) is 12.2. The molecule has 0 bridgehead atoms. The number of aromatic nitrogens is 2. The largest absolute Gasteiger partial charge is 0.451 e. The quantitative estimate of drug-likeness (QED) is 0.764. The van der Waals surface area contributed by atoms with Crippen LogP contribution in [0.15, 0.2) is 6.07 Å². The van der Waals surface area contributed by atoms with E-state index in [-0.39, 0.29) is 11.0 Å². The monoisotopic (exact) mass is 321 g/mol. The fourth-order valence-corrected chi connectivity index (χ4v) is 3.04. The van der Waals surface area contributed by atoms with Crippen LogP contribution in [-0.4, -0.2) is 23.1 Å². The van der Waals surface area contributed by atoms with E-state index in [0.717, 1.165) is 25.7 Å². The molecule has 0 spiro atoms. The number of nitrogens with zero attached hydrogens (tertiary/aromatic N) is 3. The van der Waals surface area contributed by atoms with E-state index >= 15 is 0 Å². The van der Waals surface area contributed by atoms with Crippen LogP contribution in [0.25, 0.3) is 0 Å². The number of halogens is 4. The predicted octanol–water partition coefficient (Wildman–Crippen LogP) is 4.56. The van der Waals surface area contributed by atoms with Crippen LogP contribution in [0.5, 0.6) is 0 Å². The molecule has 1 aromatic rings. The van der Waals surface area contributed by atoms with Crippen LogP contribution in [-0.2, 0) is 6.18 Å². The van der Waals surface area contributed by atoms with Crippen molar-refractivity contribution in [1.29, 1.82) is 0 Å². The van der Waals surface area contributed by atoms with Crippen LogP contribution < -0.4 is 4.90 Å². The molecule has 0 radical (unpaired) electrons. The summed E-state index contributed by atoms with van der Waals surface area (Å²) in [6, 6.07) is 1.40. The second-order valence-electron chi connectivity index (χ2n) is 5.56. The van der Waals surface area contributed by atoms with Crippen LogP contribution in [0, 0.1) is 5.41 Å². The van der Waals surface area contributed by atoms with Crippen LogP contribution in [0.2, 0.25) is 5.15 Å². The molecule has 2 rings (SSSR count). The second-order valence-corrected chi connectivity index (χ2v) is 5.95. The molecular formula is C14H19ClF3N3. The van der Waals surface area contributed by atoms with Gasteiger partial charge >= 0.3 is 6.18 Å². The summed E-state index contributed by atoms with van der Waals surface area (Å²) < 4.78 is 38.2. The molecule has 0 unspecified atom stereocenters. The first kappa shape index (κ1) is 16.3. The molecule has 21 heavy (non-hydrogen) atoms. The third-order valence-corrected chi connectivity index (χ3v) is 4.78. The molecule has 2 heterocycles. The number of anilines is 1. The van der Waals surface area contributed by atoms with Crippen molar-refractivity contribution in [2.45, 2.75) is 45.7 Å². The lowest BCUT2D eigenvalue weighted by molar-refractivity contribution is -0.144. The zero-order chi connectivity index (χ0) is 15.7. The average molecular weight is 322 g/mol. The first-order chi connectivity index (χ1) is 9.79. The minimum atomic E-state index is -4.58. The van der Waals surface area contributed by atoms with Crippen molar-refractivity contribution in [3.8, 4) is 0 Å². The number of hydrogen-bond donors (Lipinski definition) is 0. The van der Waals surface area contributed by atoms with Crippen molar-refractivity contribution < 1.29 is 13.2 Å². The first-order valence-corrected chi connectivity index (χ1v) is 7.54. The highest BCUT2D eigenvalue weighted by Gasteiger charge is 2.37. The van der Waals surface area contributed by atoms with Crippen LogP contribution >= 0.6 is 11.6 Å². The maximum atomic E-state index is 12.7. The summed E-state index contributed by atoms with van der Waals surface area (Å²) >= 11 is 5.71. The van der Waals surface area contributed by atoms with E-state index < -0.39 is 12.0 Å². The molecule has 1 aliphatic heterocycles. The summed E-state index contributed by atoms with van der Waals surface area (Å²) in [6.07, 6.45) is -0.469. The Kier molecular flexibility index (Phi) is 4.66. The third-order valence-electron chi connectivity index (χ3n) is 4.58. The number of hydrogen-bond acceptors (Lipinski definition) is 3. The second kappa shape index (κ2) is 5.99. The van der Waals surface area contributed by atoms with Gasteiger partial charge in [-0.1, -0.05) is 38.3 Å². The van der Waals surface area contributed by atoms with Crippen molar-refractivity contribution in [2.75, 3.05) is 18.0 Å². The highest BCUT2D eigenvalue weighted by atomic mass is 35.5. The van der Waals surface area contributed by atoms with E-state index in [9.17, 15) is 13.2 Å². The summed E-state index contributed by atoms with van der Waals surface area (Å²) in [5.41, 5.74) is 0.306. The Labute approximate surface area is 127 Å². The molecule has 0 aromatic carbocycles. The van der Waals surface area contributed by atoms with Gasteiger partial charge in [0.05, 0.1) is 0 Å². The summed E-state index contributed by atoms with van der Waals surface area (Å²) in [5, 5.41) is -0.171. The molecule has 1 saturated heterocycles. The Morgan fingerprint density at radius 1 is 1.19 bits per heavy atom. The van der Waals surface area contributed by atoms with Gasteiger partial charge in [-0.3, -0.25) is 0 Å². The Balaban J connectivity index is 2.19. The smallest absolute Gasteiger partial charge is 0.356 e. The molecule has 7 heteroatoms.